The van der Waals surface area contributed by atoms with Crippen molar-refractivity contribution in [2.24, 2.45) is 7.05 Å². The molecule has 0 aliphatic carbocycles. The number of anilines is 1. The Morgan fingerprint density at radius 3 is 2.62 bits per heavy atom. The fourth-order valence-electron chi connectivity index (χ4n) is 1.60. The van der Waals surface area contributed by atoms with Gasteiger partial charge in [-0.2, -0.15) is 5.10 Å². The standard InChI is InChI=1S/C13H17N3/c1-10-4-5-12(8-11(10)2)14-9-13-6-7-16(3)15-13/h4-8,14H,9H2,1-3H3. The third-order valence-electron chi connectivity index (χ3n) is 2.75. The van der Waals surface area contributed by atoms with Gasteiger partial charge in [0.15, 0.2) is 0 Å². The van der Waals surface area contributed by atoms with Crippen LogP contribution in [0.2, 0.25) is 0 Å². The van der Waals surface area contributed by atoms with Gasteiger partial charge in [0.05, 0.1) is 12.2 Å². The summed E-state index contributed by atoms with van der Waals surface area (Å²) >= 11 is 0. The second-order valence-electron chi connectivity index (χ2n) is 4.13. The highest BCUT2D eigenvalue weighted by atomic mass is 15.3. The average Bonchev–Trinajstić information content (AvgIpc) is 2.66. The minimum absolute atomic E-state index is 0.767. The number of nitrogens with one attached hydrogen (secondary N) is 1. The first-order chi connectivity index (χ1) is 7.65. The van der Waals surface area contributed by atoms with Crippen molar-refractivity contribution in [1.82, 2.24) is 9.78 Å². The predicted octanol–water partition coefficient (Wildman–Crippen LogP) is 2.65. The fraction of sp³-hybridized carbons (Fsp3) is 0.308. The number of benzene rings is 1. The molecule has 0 aliphatic heterocycles. The van der Waals surface area contributed by atoms with Crippen LogP contribution in [-0.4, -0.2) is 9.78 Å². The zero-order chi connectivity index (χ0) is 11.5. The van der Waals surface area contributed by atoms with Gasteiger partial charge in [-0.05, 0) is 43.2 Å². The van der Waals surface area contributed by atoms with E-state index in [9.17, 15) is 0 Å². The zero-order valence-electron chi connectivity index (χ0n) is 9.99. The number of aryl methyl sites for hydroxylation is 3. The average molecular weight is 215 g/mol. The van der Waals surface area contributed by atoms with Gasteiger partial charge in [0, 0.05) is 18.9 Å². The number of nitrogens with zero attached hydrogens (tertiary/aromatic N) is 2. The SMILES string of the molecule is Cc1ccc(NCc2ccn(C)n2)cc1C. The molecular weight excluding hydrogens is 198 g/mol. The molecule has 1 N–H and O–H groups in total. The topological polar surface area (TPSA) is 29.9 Å². The van der Waals surface area contributed by atoms with Gasteiger partial charge in [-0.15, -0.1) is 0 Å². The largest absolute Gasteiger partial charge is 0.379 e. The van der Waals surface area contributed by atoms with Crippen LogP contribution in [0.5, 0.6) is 0 Å². The molecule has 0 amide bonds. The zero-order valence-corrected chi connectivity index (χ0v) is 9.99. The molecule has 3 heteroatoms. The van der Waals surface area contributed by atoms with Crippen molar-refractivity contribution in [2.75, 3.05) is 5.32 Å². The first kappa shape index (κ1) is 10.7. The molecule has 0 atom stereocenters. The quantitative estimate of drug-likeness (QED) is 0.853. The molecule has 1 aromatic heterocycles. The second kappa shape index (κ2) is 4.39. The summed E-state index contributed by atoms with van der Waals surface area (Å²) in [5, 5.41) is 7.69. The van der Waals surface area contributed by atoms with E-state index < -0.39 is 0 Å². The number of rotatable bonds is 3. The molecular formula is C13H17N3. The van der Waals surface area contributed by atoms with Crippen LogP contribution in [0.15, 0.2) is 30.5 Å². The Labute approximate surface area is 96.1 Å². The van der Waals surface area contributed by atoms with Gasteiger partial charge < -0.3 is 5.32 Å². The van der Waals surface area contributed by atoms with Gasteiger partial charge in [-0.3, -0.25) is 4.68 Å². The predicted molar refractivity (Wildman–Crippen MR) is 66.5 cm³/mol. The molecule has 2 aromatic rings. The van der Waals surface area contributed by atoms with Gasteiger partial charge in [0.2, 0.25) is 0 Å². The lowest BCUT2D eigenvalue weighted by atomic mass is 10.1. The summed E-state index contributed by atoms with van der Waals surface area (Å²) in [6.07, 6.45) is 1.96. The van der Waals surface area contributed by atoms with Crippen LogP contribution in [0.1, 0.15) is 16.8 Å². The van der Waals surface area contributed by atoms with Crippen molar-refractivity contribution in [3.05, 3.63) is 47.3 Å². The summed E-state index contributed by atoms with van der Waals surface area (Å²) in [4.78, 5) is 0. The number of aromatic nitrogens is 2. The van der Waals surface area contributed by atoms with Gasteiger partial charge in [0.25, 0.3) is 0 Å². The lowest BCUT2D eigenvalue weighted by molar-refractivity contribution is 0.747. The van der Waals surface area contributed by atoms with Crippen LogP contribution >= 0.6 is 0 Å². The Bertz CT molecular complexity index is 486. The van der Waals surface area contributed by atoms with Gasteiger partial charge >= 0.3 is 0 Å². The molecule has 84 valence electrons. The first-order valence-electron chi connectivity index (χ1n) is 5.45. The number of hydrogen-bond donors (Lipinski definition) is 1. The maximum absolute atomic E-state index is 4.32. The lowest BCUT2D eigenvalue weighted by Gasteiger charge is -2.07. The van der Waals surface area contributed by atoms with E-state index in [-0.39, 0.29) is 0 Å². The maximum atomic E-state index is 4.32. The monoisotopic (exact) mass is 215 g/mol. The summed E-state index contributed by atoms with van der Waals surface area (Å²) in [7, 11) is 1.93. The summed E-state index contributed by atoms with van der Waals surface area (Å²) in [5.41, 5.74) is 4.84. The van der Waals surface area contributed by atoms with Crippen LogP contribution in [0.25, 0.3) is 0 Å². The molecule has 1 aromatic carbocycles. The van der Waals surface area contributed by atoms with Crippen LogP contribution in [0.4, 0.5) is 5.69 Å². The molecule has 0 bridgehead atoms. The maximum Gasteiger partial charge on any atom is 0.0815 e. The van der Waals surface area contributed by atoms with Gasteiger partial charge in [-0.25, -0.2) is 0 Å². The molecule has 0 aliphatic rings. The van der Waals surface area contributed by atoms with E-state index in [2.05, 4.69) is 42.5 Å². The summed E-state index contributed by atoms with van der Waals surface area (Å²) in [6.45, 7) is 5.02. The molecule has 0 saturated carbocycles. The van der Waals surface area contributed by atoms with E-state index >= 15 is 0 Å². The van der Waals surface area contributed by atoms with Crippen LogP contribution < -0.4 is 5.32 Å². The Balaban J connectivity index is 2.02. The van der Waals surface area contributed by atoms with Crippen LogP contribution in [-0.2, 0) is 13.6 Å². The van der Waals surface area contributed by atoms with E-state index in [0.717, 1.165) is 17.9 Å². The Morgan fingerprint density at radius 1 is 1.19 bits per heavy atom. The van der Waals surface area contributed by atoms with Gasteiger partial charge in [-0.1, -0.05) is 6.07 Å². The summed E-state index contributed by atoms with van der Waals surface area (Å²) < 4.78 is 1.82. The van der Waals surface area contributed by atoms with Gasteiger partial charge in [0.1, 0.15) is 0 Å². The van der Waals surface area contributed by atoms with Crippen molar-refractivity contribution >= 4 is 5.69 Å². The van der Waals surface area contributed by atoms with E-state index in [1.165, 1.54) is 11.1 Å². The van der Waals surface area contributed by atoms with E-state index in [4.69, 9.17) is 0 Å². The smallest absolute Gasteiger partial charge is 0.0815 e. The normalized spacial score (nSPS) is 10.4. The highest BCUT2D eigenvalue weighted by Gasteiger charge is 1.98. The Hall–Kier alpha value is -1.77. The van der Waals surface area contributed by atoms with Crippen molar-refractivity contribution in [1.29, 1.82) is 0 Å². The molecule has 0 spiro atoms. The van der Waals surface area contributed by atoms with E-state index in [1.807, 2.05) is 24.0 Å². The first-order valence-corrected chi connectivity index (χ1v) is 5.45. The van der Waals surface area contributed by atoms with Crippen LogP contribution in [0.3, 0.4) is 0 Å². The lowest BCUT2D eigenvalue weighted by Crippen LogP contribution is -2.01. The van der Waals surface area contributed by atoms with Crippen molar-refractivity contribution < 1.29 is 0 Å². The highest BCUT2D eigenvalue weighted by molar-refractivity contribution is 5.48. The summed E-state index contributed by atoms with van der Waals surface area (Å²) in [5.74, 6) is 0. The minimum Gasteiger partial charge on any atom is -0.379 e. The summed E-state index contributed by atoms with van der Waals surface area (Å²) in [6, 6.07) is 8.42. The molecule has 0 saturated heterocycles. The van der Waals surface area contributed by atoms with Crippen molar-refractivity contribution in [2.45, 2.75) is 20.4 Å². The molecule has 1 heterocycles. The fourth-order valence-corrected chi connectivity index (χ4v) is 1.60. The van der Waals surface area contributed by atoms with E-state index in [1.54, 1.807) is 0 Å². The number of hydrogen-bond acceptors (Lipinski definition) is 2. The molecule has 2 rings (SSSR count). The molecule has 0 radical (unpaired) electrons. The van der Waals surface area contributed by atoms with Crippen molar-refractivity contribution in [3.8, 4) is 0 Å². The minimum atomic E-state index is 0.767. The van der Waals surface area contributed by atoms with Crippen molar-refractivity contribution in [3.63, 3.8) is 0 Å². The molecule has 0 fully saturated rings. The second-order valence-corrected chi connectivity index (χ2v) is 4.13. The Kier molecular flexibility index (Phi) is 2.95. The van der Waals surface area contributed by atoms with Crippen LogP contribution in [0, 0.1) is 13.8 Å². The molecule has 3 nitrogen and oxygen atoms in total. The molecule has 0 unspecified atom stereocenters. The third-order valence-corrected chi connectivity index (χ3v) is 2.75. The highest BCUT2D eigenvalue weighted by Crippen LogP contribution is 2.14. The Morgan fingerprint density at radius 2 is 2.00 bits per heavy atom. The third kappa shape index (κ3) is 2.42. The van der Waals surface area contributed by atoms with E-state index in [0.29, 0.717) is 0 Å². The molecule has 16 heavy (non-hydrogen) atoms.